The normalized spacial score (nSPS) is 13.9. The number of hydrogen-bond acceptors (Lipinski definition) is 3. The Morgan fingerprint density at radius 3 is 2.60 bits per heavy atom. The smallest absolute Gasteiger partial charge is 0.257 e. The van der Waals surface area contributed by atoms with Gasteiger partial charge < -0.3 is 14.4 Å². The average Bonchev–Trinajstić information content (AvgIpc) is 3.29. The first-order valence-corrected chi connectivity index (χ1v) is 7.20. The van der Waals surface area contributed by atoms with Crippen LogP contribution in [-0.4, -0.2) is 38.1 Å². The third kappa shape index (κ3) is 3.44. The zero-order valence-corrected chi connectivity index (χ0v) is 12.5. The van der Waals surface area contributed by atoms with Crippen molar-refractivity contribution in [3.8, 4) is 11.5 Å². The van der Waals surface area contributed by atoms with E-state index in [1.54, 1.807) is 32.4 Å². The second kappa shape index (κ2) is 6.64. The molecule has 20 heavy (non-hydrogen) atoms. The monoisotopic (exact) mass is 277 g/mol. The summed E-state index contributed by atoms with van der Waals surface area (Å²) in [4.78, 5) is 14.6. The molecule has 0 N–H and O–H groups in total. The Bertz CT molecular complexity index is 469. The van der Waals surface area contributed by atoms with E-state index in [2.05, 4.69) is 6.92 Å². The van der Waals surface area contributed by atoms with Gasteiger partial charge in [0.25, 0.3) is 5.91 Å². The van der Waals surface area contributed by atoms with Gasteiger partial charge in [0.2, 0.25) is 0 Å². The molecule has 1 fully saturated rings. The average molecular weight is 277 g/mol. The molecule has 1 aromatic rings. The van der Waals surface area contributed by atoms with E-state index < -0.39 is 0 Å². The maximum atomic E-state index is 12.7. The summed E-state index contributed by atoms with van der Waals surface area (Å²) in [5.41, 5.74) is 0.613. The van der Waals surface area contributed by atoms with Gasteiger partial charge in [0, 0.05) is 19.2 Å². The van der Waals surface area contributed by atoms with Gasteiger partial charge in [-0.25, -0.2) is 0 Å². The SMILES string of the molecule is CCCN(CC1CC1)C(=O)c1ccc(OC)cc1OC. The van der Waals surface area contributed by atoms with Crippen LogP contribution in [0.1, 0.15) is 36.5 Å². The van der Waals surface area contributed by atoms with E-state index in [4.69, 9.17) is 9.47 Å². The van der Waals surface area contributed by atoms with E-state index in [1.165, 1.54) is 12.8 Å². The highest BCUT2D eigenvalue weighted by molar-refractivity contribution is 5.97. The summed E-state index contributed by atoms with van der Waals surface area (Å²) in [6.07, 6.45) is 3.46. The first kappa shape index (κ1) is 14.7. The van der Waals surface area contributed by atoms with Crippen LogP contribution in [-0.2, 0) is 0 Å². The molecule has 0 saturated heterocycles. The van der Waals surface area contributed by atoms with Crippen LogP contribution in [0.25, 0.3) is 0 Å². The Balaban J connectivity index is 2.20. The van der Waals surface area contributed by atoms with Crippen molar-refractivity contribution in [2.75, 3.05) is 27.3 Å². The summed E-state index contributed by atoms with van der Waals surface area (Å²) in [6.45, 7) is 3.75. The second-order valence-electron chi connectivity index (χ2n) is 5.26. The molecule has 0 atom stereocenters. The Labute approximate surface area is 120 Å². The number of carbonyl (C=O) groups excluding carboxylic acids is 1. The number of hydrogen-bond donors (Lipinski definition) is 0. The molecular formula is C16H23NO3. The molecule has 1 aliphatic carbocycles. The minimum atomic E-state index is 0.0539. The van der Waals surface area contributed by atoms with Gasteiger partial charge in [-0.3, -0.25) is 4.79 Å². The predicted molar refractivity (Wildman–Crippen MR) is 78.5 cm³/mol. The van der Waals surface area contributed by atoms with Gasteiger partial charge in [-0.15, -0.1) is 0 Å². The lowest BCUT2D eigenvalue weighted by Crippen LogP contribution is -2.33. The number of ether oxygens (including phenoxy) is 2. The quantitative estimate of drug-likeness (QED) is 0.769. The second-order valence-corrected chi connectivity index (χ2v) is 5.26. The van der Waals surface area contributed by atoms with Crippen LogP contribution in [0.15, 0.2) is 18.2 Å². The summed E-state index contributed by atoms with van der Waals surface area (Å²) in [5.74, 6) is 2.02. The van der Waals surface area contributed by atoms with Crippen molar-refractivity contribution in [3.05, 3.63) is 23.8 Å². The molecule has 0 unspecified atom stereocenters. The summed E-state index contributed by atoms with van der Waals surface area (Å²) in [6, 6.07) is 5.35. The lowest BCUT2D eigenvalue weighted by atomic mass is 10.1. The number of amides is 1. The highest BCUT2D eigenvalue weighted by Crippen LogP contribution is 2.31. The van der Waals surface area contributed by atoms with E-state index in [-0.39, 0.29) is 5.91 Å². The fourth-order valence-electron chi connectivity index (χ4n) is 2.30. The molecule has 1 aliphatic rings. The minimum Gasteiger partial charge on any atom is -0.497 e. The summed E-state index contributed by atoms with van der Waals surface area (Å²) in [7, 11) is 3.18. The molecule has 4 heteroatoms. The minimum absolute atomic E-state index is 0.0539. The van der Waals surface area contributed by atoms with Gasteiger partial charge in [0.1, 0.15) is 11.5 Å². The van der Waals surface area contributed by atoms with Crippen molar-refractivity contribution < 1.29 is 14.3 Å². The number of nitrogens with zero attached hydrogens (tertiary/aromatic N) is 1. The van der Waals surface area contributed by atoms with Crippen molar-refractivity contribution >= 4 is 5.91 Å². The first-order chi connectivity index (χ1) is 9.69. The Kier molecular flexibility index (Phi) is 4.88. The maximum Gasteiger partial charge on any atom is 0.257 e. The molecule has 0 aliphatic heterocycles. The topological polar surface area (TPSA) is 38.8 Å². The van der Waals surface area contributed by atoms with E-state index in [0.717, 1.165) is 19.5 Å². The lowest BCUT2D eigenvalue weighted by molar-refractivity contribution is 0.0744. The van der Waals surface area contributed by atoms with Crippen molar-refractivity contribution in [1.82, 2.24) is 4.90 Å². The summed E-state index contributed by atoms with van der Waals surface area (Å²) < 4.78 is 10.5. The molecule has 1 saturated carbocycles. The first-order valence-electron chi connectivity index (χ1n) is 7.20. The van der Waals surface area contributed by atoms with Crippen LogP contribution in [0.2, 0.25) is 0 Å². The molecule has 1 amide bonds. The number of methoxy groups -OCH3 is 2. The van der Waals surface area contributed by atoms with Crippen LogP contribution >= 0.6 is 0 Å². The summed E-state index contributed by atoms with van der Waals surface area (Å²) >= 11 is 0. The van der Waals surface area contributed by atoms with Crippen molar-refractivity contribution in [2.45, 2.75) is 26.2 Å². The highest BCUT2D eigenvalue weighted by atomic mass is 16.5. The highest BCUT2D eigenvalue weighted by Gasteiger charge is 2.28. The van der Waals surface area contributed by atoms with Crippen molar-refractivity contribution in [3.63, 3.8) is 0 Å². The van der Waals surface area contributed by atoms with Gasteiger partial charge in [-0.05, 0) is 37.3 Å². The predicted octanol–water partition coefficient (Wildman–Crippen LogP) is 2.97. The van der Waals surface area contributed by atoms with Crippen LogP contribution in [0.5, 0.6) is 11.5 Å². The standard InChI is InChI=1S/C16H23NO3/c1-4-9-17(11-12-5-6-12)16(18)14-8-7-13(19-2)10-15(14)20-3/h7-8,10,12H,4-6,9,11H2,1-3H3. The van der Waals surface area contributed by atoms with Crippen LogP contribution in [0.4, 0.5) is 0 Å². The van der Waals surface area contributed by atoms with E-state index in [0.29, 0.717) is 23.0 Å². The number of carbonyl (C=O) groups is 1. The van der Waals surface area contributed by atoms with Crippen molar-refractivity contribution in [2.24, 2.45) is 5.92 Å². The summed E-state index contributed by atoms with van der Waals surface area (Å²) in [5, 5.41) is 0. The third-order valence-electron chi connectivity index (χ3n) is 3.60. The number of benzene rings is 1. The Morgan fingerprint density at radius 2 is 2.05 bits per heavy atom. The van der Waals surface area contributed by atoms with Gasteiger partial charge in [-0.2, -0.15) is 0 Å². The Morgan fingerprint density at radius 1 is 1.30 bits per heavy atom. The molecule has 0 heterocycles. The molecule has 0 spiro atoms. The van der Waals surface area contributed by atoms with E-state index in [9.17, 15) is 4.79 Å². The molecule has 2 rings (SSSR count). The van der Waals surface area contributed by atoms with Crippen molar-refractivity contribution in [1.29, 1.82) is 0 Å². The molecule has 0 radical (unpaired) electrons. The fourth-order valence-corrected chi connectivity index (χ4v) is 2.30. The zero-order valence-electron chi connectivity index (χ0n) is 12.5. The molecule has 0 aromatic heterocycles. The van der Waals surface area contributed by atoms with Gasteiger partial charge in [-0.1, -0.05) is 6.92 Å². The van der Waals surface area contributed by atoms with Crippen LogP contribution in [0.3, 0.4) is 0 Å². The Hall–Kier alpha value is -1.71. The molecule has 0 bridgehead atoms. The third-order valence-corrected chi connectivity index (χ3v) is 3.60. The van der Waals surface area contributed by atoms with E-state index in [1.807, 2.05) is 4.90 Å². The molecule has 4 nitrogen and oxygen atoms in total. The van der Waals surface area contributed by atoms with Crippen LogP contribution in [0, 0.1) is 5.92 Å². The molecule has 1 aromatic carbocycles. The maximum absolute atomic E-state index is 12.7. The van der Waals surface area contributed by atoms with Gasteiger partial charge in [0.15, 0.2) is 0 Å². The number of rotatable bonds is 7. The molecular weight excluding hydrogens is 254 g/mol. The van der Waals surface area contributed by atoms with Gasteiger partial charge >= 0.3 is 0 Å². The lowest BCUT2D eigenvalue weighted by Gasteiger charge is -2.23. The molecule has 110 valence electrons. The zero-order chi connectivity index (χ0) is 14.5. The van der Waals surface area contributed by atoms with E-state index >= 15 is 0 Å². The van der Waals surface area contributed by atoms with Gasteiger partial charge in [0.05, 0.1) is 19.8 Å². The van der Waals surface area contributed by atoms with Crippen LogP contribution < -0.4 is 9.47 Å². The fraction of sp³-hybridized carbons (Fsp3) is 0.562. The largest absolute Gasteiger partial charge is 0.497 e.